The maximum atomic E-state index is 12.7. The molecule has 0 saturated carbocycles. The van der Waals surface area contributed by atoms with E-state index in [2.05, 4.69) is 5.32 Å². The molecule has 144 valence electrons. The molecule has 27 heavy (non-hydrogen) atoms. The van der Waals surface area contributed by atoms with Crippen LogP contribution in [-0.4, -0.2) is 23.1 Å². The fourth-order valence-corrected chi connectivity index (χ4v) is 2.76. The molecular weight excluding hydrogens is 366 g/mol. The Labute approximate surface area is 164 Å². The highest BCUT2D eigenvalue weighted by Gasteiger charge is 2.24. The second-order valence-corrected chi connectivity index (χ2v) is 7.20. The minimum atomic E-state index is -0.978. The molecule has 0 heterocycles. The van der Waals surface area contributed by atoms with E-state index in [1.54, 1.807) is 24.3 Å². The van der Waals surface area contributed by atoms with Crippen LogP contribution in [0.1, 0.15) is 48.3 Å². The zero-order valence-corrected chi connectivity index (χ0v) is 16.4. The summed E-state index contributed by atoms with van der Waals surface area (Å²) in [6.07, 6.45) is -0.596. The van der Waals surface area contributed by atoms with E-state index in [4.69, 9.17) is 21.4 Å². The van der Waals surface area contributed by atoms with Crippen LogP contribution in [0.2, 0.25) is 5.02 Å². The molecule has 2 N–H and O–H groups in total. The molecule has 0 unspecified atom stereocenters. The quantitative estimate of drug-likeness (QED) is 0.699. The van der Waals surface area contributed by atoms with Crippen molar-refractivity contribution in [3.8, 4) is 0 Å². The first kappa shape index (κ1) is 20.9. The molecule has 2 rings (SSSR count). The summed E-state index contributed by atoms with van der Waals surface area (Å²) < 4.78 is 5.85. The van der Waals surface area contributed by atoms with Crippen molar-refractivity contribution < 1.29 is 19.4 Å². The lowest BCUT2D eigenvalue weighted by Crippen LogP contribution is -2.40. The van der Waals surface area contributed by atoms with Crippen LogP contribution in [-0.2, 0) is 16.1 Å². The van der Waals surface area contributed by atoms with Crippen LogP contribution < -0.4 is 5.32 Å². The van der Waals surface area contributed by atoms with E-state index < -0.39 is 12.1 Å². The second kappa shape index (κ2) is 9.53. The Bertz CT molecular complexity index is 772. The maximum Gasteiger partial charge on any atom is 0.335 e. The van der Waals surface area contributed by atoms with Gasteiger partial charge in [0.15, 0.2) is 0 Å². The minimum absolute atomic E-state index is 0.00103. The van der Waals surface area contributed by atoms with Crippen LogP contribution in [0, 0.1) is 5.92 Å². The van der Waals surface area contributed by atoms with Crippen LogP contribution in [0.25, 0.3) is 0 Å². The predicted octanol–water partition coefficient (Wildman–Crippen LogP) is 4.46. The first-order valence-corrected chi connectivity index (χ1v) is 9.15. The van der Waals surface area contributed by atoms with Gasteiger partial charge in [0.2, 0.25) is 5.91 Å². The molecule has 0 radical (unpaired) electrons. The molecule has 0 aliphatic rings. The van der Waals surface area contributed by atoms with Gasteiger partial charge in [0.25, 0.3) is 0 Å². The van der Waals surface area contributed by atoms with Gasteiger partial charge in [0, 0.05) is 5.02 Å². The van der Waals surface area contributed by atoms with E-state index in [1.807, 2.05) is 32.9 Å². The van der Waals surface area contributed by atoms with Crippen molar-refractivity contribution >= 4 is 23.5 Å². The molecule has 0 saturated heterocycles. The average molecular weight is 390 g/mol. The van der Waals surface area contributed by atoms with Gasteiger partial charge in [0.1, 0.15) is 6.10 Å². The number of ether oxygens (including phenoxy) is 1. The van der Waals surface area contributed by atoms with Gasteiger partial charge < -0.3 is 15.2 Å². The number of carbonyl (C=O) groups excluding carboxylic acids is 1. The highest BCUT2D eigenvalue weighted by molar-refractivity contribution is 6.30. The normalized spacial score (nSPS) is 13.2. The molecule has 2 aromatic carbocycles. The number of hydrogen-bond donors (Lipinski definition) is 2. The monoisotopic (exact) mass is 389 g/mol. The van der Waals surface area contributed by atoms with Gasteiger partial charge in [0.05, 0.1) is 18.2 Å². The highest BCUT2D eigenvalue weighted by atomic mass is 35.5. The van der Waals surface area contributed by atoms with Gasteiger partial charge in [-0.3, -0.25) is 4.79 Å². The number of rotatable bonds is 8. The first-order chi connectivity index (χ1) is 12.8. The summed E-state index contributed by atoms with van der Waals surface area (Å²) in [6, 6.07) is 13.5. The SMILES string of the molecule is CC(C)[C@@H](OCc1ccc(Cl)cc1)C(=O)N[C@@H](C)c1ccc(C(=O)O)cc1. The summed E-state index contributed by atoms with van der Waals surface area (Å²) in [5.41, 5.74) is 1.98. The van der Waals surface area contributed by atoms with Crippen molar-refractivity contribution in [1.82, 2.24) is 5.32 Å². The van der Waals surface area contributed by atoms with Crippen molar-refractivity contribution in [2.45, 2.75) is 39.5 Å². The number of carboxylic acids is 1. The zero-order valence-electron chi connectivity index (χ0n) is 15.6. The number of hydrogen-bond acceptors (Lipinski definition) is 3. The Morgan fingerprint density at radius 1 is 1.04 bits per heavy atom. The van der Waals surface area contributed by atoms with E-state index in [1.165, 1.54) is 12.1 Å². The van der Waals surface area contributed by atoms with Gasteiger partial charge in [-0.05, 0) is 48.2 Å². The molecule has 2 atom stereocenters. The number of halogens is 1. The summed E-state index contributed by atoms with van der Waals surface area (Å²) in [6.45, 7) is 6.02. The second-order valence-electron chi connectivity index (χ2n) is 6.76. The minimum Gasteiger partial charge on any atom is -0.478 e. The highest BCUT2D eigenvalue weighted by Crippen LogP contribution is 2.17. The Morgan fingerprint density at radius 2 is 1.63 bits per heavy atom. The van der Waals surface area contributed by atoms with Crippen molar-refractivity contribution in [2.75, 3.05) is 0 Å². The molecule has 0 aliphatic carbocycles. The molecule has 0 aromatic heterocycles. The summed E-state index contributed by atoms with van der Waals surface area (Å²) in [4.78, 5) is 23.6. The third-order valence-corrected chi connectivity index (χ3v) is 4.48. The molecule has 0 aliphatic heterocycles. The van der Waals surface area contributed by atoms with Crippen LogP contribution in [0.3, 0.4) is 0 Å². The van der Waals surface area contributed by atoms with Crippen LogP contribution >= 0.6 is 11.6 Å². The number of amides is 1. The van der Waals surface area contributed by atoms with E-state index in [0.717, 1.165) is 11.1 Å². The summed E-state index contributed by atoms with van der Waals surface area (Å²) in [7, 11) is 0. The summed E-state index contributed by atoms with van der Waals surface area (Å²) in [5.74, 6) is -1.18. The lowest BCUT2D eigenvalue weighted by molar-refractivity contribution is -0.137. The van der Waals surface area contributed by atoms with Crippen molar-refractivity contribution in [3.63, 3.8) is 0 Å². The number of nitrogens with one attached hydrogen (secondary N) is 1. The maximum absolute atomic E-state index is 12.7. The average Bonchev–Trinajstić information content (AvgIpc) is 2.63. The smallest absolute Gasteiger partial charge is 0.335 e. The van der Waals surface area contributed by atoms with E-state index >= 15 is 0 Å². The number of benzene rings is 2. The third kappa shape index (κ3) is 6.08. The third-order valence-electron chi connectivity index (χ3n) is 4.22. The largest absolute Gasteiger partial charge is 0.478 e. The topological polar surface area (TPSA) is 75.6 Å². The Kier molecular flexibility index (Phi) is 7.39. The molecule has 6 heteroatoms. The summed E-state index contributed by atoms with van der Waals surface area (Å²) >= 11 is 5.88. The lowest BCUT2D eigenvalue weighted by Gasteiger charge is -2.23. The van der Waals surface area contributed by atoms with E-state index in [9.17, 15) is 9.59 Å². The fourth-order valence-electron chi connectivity index (χ4n) is 2.63. The molecule has 0 fully saturated rings. The van der Waals surface area contributed by atoms with Gasteiger partial charge in [-0.2, -0.15) is 0 Å². The van der Waals surface area contributed by atoms with E-state index in [0.29, 0.717) is 11.6 Å². The predicted molar refractivity (Wildman–Crippen MR) is 105 cm³/mol. The Balaban J connectivity index is 1.98. The van der Waals surface area contributed by atoms with Crippen molar-refractivity contribution in [1.29, 1.82) is 0 Å². The van der Waals surface area contributed by atoms with E-state index in [-0.39, 0.29) is 23.4 Å². The number of carboxylic acid groups (broad SMARTS) is 1. The number of carbonyl (C=O) groups is 2. The fraction of sp³-hybridized carbons (Fsp3) is 0.333. The Hall–Kier alpha value is -2.37. The van der Waals surface area contributed by atoms with Gasteiger partial charge in [-0.15, -0.1) is 0 Å². The Morgan fingerprint density at radius 3 is 2.15 bits per heavy atom. The molecule has 0 spiro atoms. The lowest BCUT2D eigenvalue weighted by atomic mass is 10.0. The molecule has 1 amide bonds. The zero-order chi connectivity index (χ0) is 20.0. The van der Waals surface area contributed by atoms with Crippen LogP contribution in [0.15, 0.2) is 48.5 Å². The number of aromatic carboxylic acids is 1. The van der Waals surface area contributed by atoms with Gasteiger partial charge in [-0.1, -0.05) is 49.7 Å². The molecule has 2 aromatic rings. The van der Waals surface area contributed by atoms with Crippen molar-refractivity contribution in [2.24, 2.45) is 5.92 Å². The van der Waals surface area contributed by atoms with Crippen LogP contribution in [0.4, 0.5) is 0 Å². The van der Waals surface area contributed by atoms with Crippen LogP contribution in [0.5, 0.6) is 0 Å². The summed E-state index contributed by atoms with van der Waals surface area (Å²) in [5, 5.41) is 12.6. The molecule has 0 bridgehead atoms. The molecular formula is C21H24ClNO4. The van der Waals surface area contributed by atoms with Crippen molar-refractivity contribution in [3.05, 3.63) is 70.2 Å². The molecule has 5 nitrogen and oxygen atoms in total. The first-order valence-electron chi connectivity index (χ1n) is 8.77. The van der Waals surface area contributed by atoms with Gasteiger partial charge >= 0.3 is 5.97 Å². The standard InChI is InChI=1S/C21H24ClNO4/c1-13(2)19(27-12-15-4-10-18(22)11-5-15)20(24)23-14(3)16-6-8-17(9-7-16)21(25)26/h4-11,13-14,19H,12H2,1-3H3,(H,23,24)(H,25,26)/t14-,19+/m0/s1. The van der Waals surface area contributed by atoms with Gasteiger partial charge in [-0.25, -0.2) is 4.79 Å².